The van der Waals surface area contributed by atoms with Gasteiger partial charge < -0.3 is 10.6 Å². The van der Waals surface area contributed by atoms with Gasteiger partial charge in [-0.2, -0.15) is 0 Å². The molecule has 116 valence electrons. The number of nitrogens with one attached hydrogen (secondary N) is 2. The highest BCUT2D eigenvalue weighted by atomic mass is 79.9. The molecule has 0 saturated heterocycles. The van der Waals surface area contributed by atoms with E-state index < -0.39 is 0 Å². The lowest BCUT2D eigenvalue weighted by Gasteiger charge is -2.06. The predicted molar refractivity (Wildman–Crippen MR) is 99.3 cm³/mol. The molecule has 1 amide bonds. The average molecular weight is 388 g/mol. The van der Waals surface area contributed by atoms with Crippen LogP contribution in [0.15, 0.2) is 58.4 Å². The summed E-state index contributed by atoms with van der Waals surface area (Å²) in [6.45, 7) is 1.49. The van der Waals surface area contributed by atoms with Crippen LogP contribution in [0.5, 0.6) is 0 Å². The summed E-state index contributed by atoms with van der Waals surface area (Å²) in [6, 6.07) is 15.6. The summed E-state index contributed by atoms with van der Waals surface area (Å²) in [4.78, 5) is 15.7. The van der Waals surface area contributed by atoms with Gasteiger partial charge in [0.1, 0.15) is 0 Å². The minimum atomic E-state index is -0.0890. The van der Waals surface area contributed by atoms with Gasteiger partial charge in [0.2, 0.25) is 5.91 Å². The summed E-state index contributed by atoms with van der Waals surface area (Å²) < 4.78 is 1.05. The van der Waals surface area contributed by atoms with Crippen molar-refractivity contribution < 1.29 is 4.79 Å². The van der Waals surface area contributed by atoms with Gasteiger partial charge in [0.25, 0.3) is 0 Å². The van der Waals surface area contributed by atoms with Crippen LogP contribution in [0.25, 0.3) is 11.3 Å². The van der Waals surface area contributed by atoms with E-state index in [2.05, 4.69) is 31.5 Å². The summed E-state index contributed by atoms with van der Waals surface area (Å²) >= 11 is 4.97. The maximum Gasteiger partial charge on any atom is 0.221 e. The van der Waals surface area contributed by atoms with Crippen molar-refractivity contribution in [2.24, 2.45) is 0 Å². The predicted octanol–water partition coefficient (Wildman–Crippen LogP) is 5.27. The first kappa shape index (κ1) is 15.7. The third-order valence-electron chi connectivity index (χ3n) is 3.08. The van der Waals surface area contributed by atoms with Crippen LogP contribution in [-0.2, 0) is 4.79 Å². The second kappa shape index (κ2) is 6.93. The molecule has 0 aliphatic rings. The molecule has 0 aliphatic carbocycles. The van der Waals surface area contributed by atoms with Crippen LogP contribution < -0.4 is 10.6 Å². The molecule has 0 aliphatic heterocycles. The van der Waals surface area contributed by atoms with Gasteiger partial charge in [-0.1, -0.05) is 34.1 Å². The van der Waals surface area contributed by atoms with E-state index in [0.29, 0.717) is 0 Å². The number of hydrogen-bond acceptors (Lipinski definition) is 4. The topological polar surface area (TPSA) is 54.0 Å². The second-order valence-corrected chi connectivity index (χ2v) is 6.71. The Morgan fingerprint density at radius 2 is 1.87 bits per heavy atom. The summed E-state index contributed by atoms with van der Waals surface area (Å²) in [5.74, 6) is -0.0890. The molecular formula is C17H14BrN3OS. The van der Waals surface area contributed by atoms with E-state index in [1.54, 1.807) is 11.3 Å². The molecule has 2 N–H and O–H groups in total. The van der Waals surface area contributed by atoms with E-state index in [0.717, 1.165) is 32.2 Å². The zero-order chi connectivity index (χ0) is 16.2. The Bertz CT molecular complexity index is 830. The van der Waals surface area contributed by atoms with E-state index in [9.17, 15) is 4.79 Å². The van der Waals surface area contributed by atoms with Gasteiger partial charge in [0.15, 0.2) is 5.13 Å². The fraction of sp³-hybridized carbons (Fsp3) is 0.0588. The Balaban J connectivity index is 1.76. The van der Waals surface area contributed by atoms with Crippen LogP contribution in [0.3, 0.4) is 0 Å². The second-order valence-electron chi connectivity index (χ2n) is 4.93. The number of amides is 1. The van der Waals surface area contributed by atoms with Crippen LogP contribution in [0.2, 0.25) is 0 Å². The molecule has 0 fully saturated rings. The third kappa shape index (κ3) is 4.18. The summed E-state index contributed by atoms with van der Waals surface area (Å²) in [7, 11) is 0. The summed E-state index contributed by atoms with van der Waals surface area (Å²) in [5, 5.41) is 8.86. The Labute approximate surface area is 146 Å². The zero-order valence-corrected chi connectivity index (χ0v) is 14.7. The number of carbonyl (C=O) groups excluding carboxylic acids is 1. The number of rotatable bonds is 4. The van der Waals surface area contributed by atoms with Crippen molar-refractivity contribution >= 4 is 49.7 Å². The Hall–Kier alpha value is -2.18. The molecule has 0 radical (unpaired) electrons. The van der Waals surface area contributed by atoms with Crippen LogP contribution in [0.4, 0.5) is 16.5 Å². The monoisotopic (exact) mass is 387 g/mol. The number of aromatic nitrogens is 1. The van der Waals surface area contributed by atoms with Crippen molar-refractivity contribution in [2.75, 3.05) is 10.6 Å². The van der Waals surface area contributed by atoms with Crippen molar-refractivity contribution in [3.05, 3.63) is 58.4 Å². The molecule has 0 unspecified atom stereocenters. The van der Waals surface area contributed by atoms with E-state index in [1.165, 1.54) is 6.92 Å². The molecule has 4 nitrogen and oxygen atoms in total. The van der Waals surface area contributed by atoms with Gasteiger partial charge in [-0.3, -0.25) is 4.79 Å². The highest BCUT2D eigenvalue weighted by molar-refractivity contribution is 9.10. The van der Waals surface area contributed by atoms with Gasteiger partial charge >= 0.3 is 0 Å². The minimum Gasteiger partial charge on any atom is -0.331 e. The molecule has 0 saturated carbocycles. The Morgan fingerprint density at radius 3 is 2.61 bits per heavy atom. The zero-order valence-electron chi connectivity index (χ0n) is 12.3. The first-order chi connectivity index (χ1) is 11.1. The van der Waals surface area contributed by atoms with Crippen LogP contribution in [0.1, 0.15) is 6.92 Å². The molecular weight excluding hydrogens is 374 g/mol. The van der Waals surface area contributed by atoms with Crippen molar-refractivity contribution in [1.29, 1.82) is 0 Å². The molecule has 0 atom stereocenters. The maximum atomic E-state index is 11.1. The number of hydrogen-bond donors (Lipinski definition) is 2. The molecule has 1 aromatic heterocycles. The molecule has 6 heteroatoms. The quantitative estimate of drug-likeness (QED) is 0.640. The van der Waals surface area contributed by atoms with Gasteiger partial charge in [-0.15, -0.1) is 11.3 Å². The minimum absolute atomic E-state index is 0.0890. The maximum absolute atomic E-state index is 11.1. The Morgan fingerprint density at radius 1 is 1.13 bits per heavy atom. The number of anilines is 3. The molecule has 3 aromatic rings. The number of thiazole rings is 1. The first-order valence-electron chi connectivity index (χ1n) is 6.96. The SMILES string of the molecule is CC(=O)Nc1cccc(Nc2nc(-c3ccc(Br)cc3)cs2)c1. The number of nitrogens with zero attached hydrogens (tertiary/aromatic N) is 1. The van der Waals surface area contributed by atoms with Crippen molar-refractivity contribution in [2.45, 2.75) is 6.92 Å². The molecule has 1 heterocycles. The highest BCUT2D eigenvalue weighted by Gasteiger charge is 2.05. The lowest BCUT2D eigenvalue weighted by molar-refractivity contribution is -0.114. The van der Waals surface area contributed by atoms with E-state index in [-0.39, 0.29) is 5.91 Å². The Kier molecular flexibility index (Phi) is 4.73. The smallest absolute Gasteiger partial charge is 0.221 e. The number of benzene rings is 2. The fourth-order valence-corrected chi connectivity index (χ4v) is 3.09. The van der Waals surface area contributed by atoms with Gasteiger partial charge in [0.05, 0.1) is 5.69 Å². The number of carbonyl (C=O) groups is 1. The fourth-order valence-electron chi connectivity index (χ4n) is 2.09. The largest absolute Gasteiger partial charge is 0.331 e. The van der Waals surface area contributed by atoms with Crippen LogP contribution >= 0.6 is 27.3 Å². The molecule has 2 aromatic carbocycles. The number of halogens is 1. The van der Waals surface area contributed by atoms with E-state index in [4.69, 9.17) is 0 Å². The highest BCUT2D eigenvalue weighted by Crippen LogP contribution is 2.28. The third-order valence-corrected chi connectivity index (χ3v) is 4.36. The molecule has 23 heavy (non-hydrogen) atoms. The van der Waals surface area contributed by atoms with Gasteiger partial charge in [-0.05, 0) is 30.3 Å². The lowest BCUT2D eigenvalue weighted by Crippen LogP contribution is -2.05. The lowest BCUT2D eigenvalue weighted by atomic mass is 10.2. The molecule has 3 rings (SSSR count). The van der Waals surface area contributed by atoms with E-state index >= 15 is 0 Å². The van der Waals surface area contributed by atoms with Crippen molar-refractivity contribution in [3.8, 4) is 11.3 Å². The summed E-state index contributed by atoms with van der Waals surface area (Å²) in [6.07, 6.45) is 0. The van der Waals surface area contributed by atoms with Crippen molar-refractivity contribution in [3.63, 3.8) is 0 Å². The van der Waals surface area contributed by atoms with Crippen LogP contribution in [0, 0.1) is 0 Å². The van der Waals surface area contributed by atoms with Crippen LogP contribution in [-0.4, -0.2) is 10.9 Å². The molecule has 0 spiro atoms. The average Bonchev–Trinajstić information content (AvgIpc) is 2.96. The first-order valence-corrected chi connectivity index (χ1v) is 8.63. The van der Waals surface area contributed by atoms with E-state index in [1.807, 2.05) is 53.9 Å². The standard InChI is InChI=1S/C17H14BrN3OS/c1-11(22)19-14-3-2-4-15(9-14)20-17-21-16(10-23-17)12-5-7-13(18)8-6-12/h2-10H,1H3,(H,19,22)(H,20,21). The summed E-state index contributed by atoms with van der Waals surface area (Å²) in [5.41, 5.74) is 3.65. The van der Waals surface area contributed by atoms with Crippen molar-refractivity contribution in [1.82, 2.24) is 4.98 Å². The molecule has 0 bridgehead atoms. The van der Waals surface area contributed by atoms with Gasteiger partial charge in [-0.25, -0.2) is 4.98 Å². The van der Waals surface area contributed by atoms with Gasteiger partial charge in [0, 0.05) is 33.7 Å². The normalized spacial score (nSPS) is 10.3.